The van der Waals surface area contributed by atoms with Crippen LogP contribution in [0.2, 0.25) is 0 Å². The van der Waals surface area contributed by atoms with Gasteiger partial charge in [0.1, 0.15) is 16.9 Å². The first kappa shape index (κ1) is 35.7. The van der Waals surface area contributed by atoms with E-state index in [9.17, 15) is 0 Å². The fourth-order valence-electron chi connectivity index (χ4n) is 7.14. The Hall–Kier alpha value is -5.27. The van der Waals surface area contributed by atoms with Crippen molar-refractivity contribution in [2.24, 2.45) is 0 Å². The number of hydrogen-bond acceptors (Lipinski definition) is 11. The topological polar surface area (TPSA) is 133 Å². The Morgan fingerprint density at radius 3 is 1.81 bits per heavy atom. The second kappa shape index (κ2) is 16.8. The van der Waals surface area contributed by atoms with Crippen LogP contribution in [0.5, 0.6) is 0 Å². The zero-order valence-corrected chi connectivity index (χ0v) is 30.9. The van der Waals surface area contributed by atoms with Crippen LogP contribution in [-0.4, -0.2) is 102 Å². The maximum absolute atomic E-state index is 6.22. The fraction of sp³-hybridized carbons (Fsp3) is 0.357. The lowest BCUT2D eigenvalue weighted by atomic mass is 10.1. The summed E-state index contributed by atoms with van der Waals surface area (Å²) >= 11 is 0. The third-order valence-electron chi connectivity index (χ3n) is 10.1. The van der Waals surface area contributed by atoms with Crippen molar-refractivity contribution < 1.29 is 18.3 Å². The van der Waals surface area contributed by atoms with Crippen molar-refractivity contribution in [2.45, 2.75) is 26.3 Å². The smallest absolute Gasteiger partial charge is 0.227 e. The molecule has 2 fully saturated rings. The summed E-state index contributed by atoms with van der Waals surface area (Å²) in [6.45, 7) is 13.7. The number of benzene rings is 4. The van der Waals surface area contributed by atoms with Crippen LogP contribution in [0.4, 0.5) is 11.4 Å². The van der Waals surface area contributed by atoms with Crippen molar-refractivity contribution in [3.8, 4) is 22.9 Å². The highest BCUT2D eigenvalue weighted by atomic mass is 16.5. The van der Waals surface area contributed by atoms with Gasteiger partial charge >= 0.3 is 0 Å². The number of oxazole rings is 2. The zero-order valence-electron chi connectivity index (χ0n) is 30.9. The third-order valence-corrected chi connectivity index (χ3v) is 10.1. The van der Waals surface area contributed by atoms with E-state index in [1.165, 1.54) is 5.52 Å². The molecule has 9 rings (SSSR count). The molecule has 0 amide bonds. The van der Waals surface area contributed by atoms with E-state index < -0.39 is 0 Å². The van der Waals surface area contributed by atoms with Crippen LogP contribution in [0, 0.1) is 6.92 Å². The Bertz CT molecular complexity index is 2230. The van der Waals surface area contributed by atoms with Crippen molar-refractivity contribution in [1.29, 1.82) is 0 Å². The summed E-state index contributed by atoms with van der Waals surface area (Å²) in [5.74, 6) is 2.28. The highest BCUT2D eigenvalue weighted by molar-refractivity contribution is 5.83. The molecule has 4 aromatic carbocycles. The maximum atomic E-state index is 6.22. The summed E-state index contributed by atoms with van der Waals surface area (Å²) in [6.07, 6.45) is 2.19. The molecule has 0 aliphatic carbocycles. The molecule has 0 unspecified atom stereocenters. The van der Waals surface area contributed by atoms with Crippen LogP contribution >= 0.6 is 0 Å². The van der Waals surface area contributed by atoms with E-state index in [2.05, 4.69) is 54.8 Å². The summed E-state index contributed by atoms with van der Waals surface area (Å²) in [5.41, 5.74) is 15.2. The van der Waals surface area contributed by atoms with Gasteiger partial charge in [-0.05, 0) is 87.0 Å². The molecule has 2 aliphatic rings. The minimum atomic E-state index is 0.594. The van der Waals surface area contributed by atoms with E-state index in [1.807, 2.05) is 66.7 Å². The molecule has 12 nitrogen and oxygen atoms in total. The van der Waals surface area contributed by atoms with Crippen LogP contribution in [0.1, 0.15) is 18.7 Å². The first-order chi connectivity index (χ1) is 26.6. The molecule has 280 valence electrons. The largest absolute Gasteiger partial charge is 0.436 e. The average Bonchev–Trinajstić information content (AvgIpc) is 3.93. The molecule has 0 bridgehead atoms. The first-order valence-electron chi connectivity index (χ1n) is 19.0. The van der Waals surface area contributed by atoms with Gasteiger partial charge in [-0.25, -0.2) is 15.0 Å². The second-order valence-corrected chi connectivity index (χ2v) is 13.8. The molecule has 3 aromatic heterocycles. The van der Waals surface area contributed by atoms with Gasteiger partial charge in [0.05, 0.1) is 48.8 Å². The van der Waals surface area contributed by atoms with Gasteiger partial charge in [-0.3, -0.25) is 9.80 Å². The number of nitrogen functional groups attached to an aromatic ring is 1. The van der Waals surface area contributed by atoms with E-state index in [0.29, 0.717) is 17.5 Å². The summed E-state index contributed by atoms with van der Waals surface area (Å²) < 4.78 is 24.8. The van der Waals surface area contributed by atoms with Crippen molar-refractivity contribution in [3.05, 3.63) is 90.8 Å². The number of hydrogen-bond donors (Lipinski definition) is 2. The lowest BCUT2D eigenvalue weighted by Gasteiger charge is -2.26. The van der Waals surface area contributed by atoms with Crippen molar-refractivity contribution >= 4 is 44.6 Å². The monoisotopic (exact) mass is 728 g/mol. The van der Waals surface area contributed by atoms with Gasteiger partial charge in [0.25, 0.3) is 0 Å². The number of anilines is 2. The number of para-hydroxylation sites is 4. The number of nitrogens with two attached hydrogens (primary N) is 1. The number of morpholine rings is 2. The van der Waals surface area contributed by atoms with Crippen molar-refractivity contribution in [1.82, 2.24) is 29.3 Å². The molecule has 7 aromatic rings. The van der Waals surface area contributed by atoms with E-state index in [-0.39, 0.29) is 0 Å². The van der Waals surface area contributed by atoms with Crippen LogP contribution in [0.25, 0.3) is 56.1 Å². The minimum absolute atomic E-state index is 0.594. The van der Waals surface area contributed by atoms with Gasteiger partial charge in [0.2, 0.25) is 11.8 Å². The molecule has 2 saturated heterocycles. The molecule has 0 saturated carbocycles. The summed E-state index contributed by atoms with van der Waals surface area (Å²) in [5, 5.41) is 3.42. The van der Waals surface area contributed by atoms with Crippen LogP contribution < -0.4 is 11.1 Å². The first-order valence-corrected chi connectivity index (χ1v) is 19.0. The molecule has 54 heavy (non-hydrogen) atoms. The number of ether oxygens (including phenoxy) is 2. The van der Waals surface area contributed by atoms with Crippen LogP contribution in [0.15, 0.2) is 93.8 Å². The SMILES string of the molecule is Cc1nc2cc(-c3nc4ccccc4o3)ccc2n1CCCN1CCOCC1.Nc1cc(-c2nc3ccccc3o2)ccc1NCCCN1CCOCC1. The molecular formula is C42H48N8O4. The Kier molecular flexibility index (Phi) is 11.1. The lowest BCUT2D eigenvalue weighted by molar-refractivity contribution is 0.0369. The van der Waals surface area contributed by atoms with Gasteiger partial charge in [-0.15, -0.1) is 0 Å². The van der Waals surface area contributed by atoms with E-state index in [0.717, 1.165) is 142 Å². The summed E-state index contributed by atoms with van der Waals surface area (Å²) in [7, 11) is 0. The number of imidazole rings is 1. The molecule has 0 radical (unpaired) electrons. The third kappa shape index (κ3) is 8.42. The fourth-order valence-corrected chi connectivity index (χ4v) is 7.14. The molecule has 12 heteroatoms. The Balaban J connectivity index is 0.000000154. The number of nitrogens with one attached hydrogen (secondary N) is 1. The standard InChI is InChI=1S/C22H24N4O2.C20H24N4O2/c1-16-23-19-15-17(22-24-18-5-2-3-6-21(18)28-22)7-8-20(19)26(16)10-4-9-25-11-13-27-14-12-25;21-16-14-15(20-23-18-4-1-2-5-19(18)26-20)6-7-17(16)22-8-3-9-24-10-12-25-13-11-24/h2-3,5-8,15H,4,9-14H2,1H3;1-2,4-7,14,22H,3,8-13,21H2. The van der Waals surface area contributed by atoms with Crippen LogP contribution in [0.3, 0.4) is 0 Å². The van der Waals surface area contributed by atoms with Crippen molar-refractivity contribution in [2.75, 3.05) is 83.3 Å². The highest BCUT2D eigenvalue weighted by Gasteiger charge is 2.15. The van der Waals surface area contributed by atoms with Crippen LogP contribution in [-0.2, 0) is 16.0 Å². The molecular weight excluding hydrogens is 681 g/mol. The molecule has 5 heterocycles. The molecule has 0 atom stereocenters. The van der Waals surface area contributed by atoms with Gasteiger partial charge in [-0.2, -0.15) is 0 Å². The number of nitrogens with zero attached hydrogens (tertiary/aromatic N) is 6. The molecule has 0 spiro atoms. The highest BCUT2D eigenvalue weighted by Crippen LogP contribution is 2.30. The van der Waals surface area contributed by atoms with Gasteiger partial charge < -0.3 is 33.9 Å². The minimum Gasteiger partial charge on any atom is -0.436 e. The van der Waals surface area contributed by atoms with E-state index in [1.54, 1.807) is 0 Å². The predicted octanol–water partition coefficient (Wildman–Crippen LogP) is 7.09. The quantitative estimate of drug-likeness (QED) is 0.105. The Morgan fingerprint density at radius 1 is 0.630 bits per heavy atom. The summed E-state index contributed by atoms with van der Waals surface area (Å²) in [4.78, 5) is 18.8. The van der Waals surface area contributed by atoms with E-state index in [4.69, 9.17) is 29.0 Å². The maximum Gasteiger partial charge on any atom is 0.227 e. The van der Waals surface area contributed by atoms with Gasteiger partial charge in [0, 0.05) is 56.9 Å². The van der Waals surface area contributed by atoms with Gasteiger partial charge in [-0.1, -0.05) is 24.3 Å². The summed E-state index contributed by atoms with van der Waals surface area (Å²) in [6, 6.07) is 27.8. The van der Waals surface area contributed by atoms with Gasteiger partial charge in [0.15, 0.2) is 11.2 Å². The molecule has 2 aliphatic heterocycles. The van der Waals surface area contributed by atoms with Crippen molar-refractivity contribution in [3.63, 3.8) is 0 Å². The predicted molar refractivity (Wildman–Crippen MR) is 214 cm³/mol. The number of rotatable bonds is 11. The number of aromatic nitrogens is 4. The lowest BCUT2D eigenvalue weighted by Crippen LogP contribution is -2.37. The van der Waals surface area contributed by atoms with E-state index >= 15 is 0 Å². The second-order valence-electron chi connectivity index (χ2n) is 13.8. The normalized spacial score (nSPS) is 15.5. The average molecular weight is 729 g/mol. The Labute approximate surface area is 314 Å². The zero-order chi connectivity index (χ0) is 36.7. The Morgan fingerprint density at radius 2 is 1.20 bits per heavy atom. The molecule has 3 N–H and O–H groups in total. The number of fused-ring (bicyclic) bond motifs is 3. The number of aryl methyl sites for hydroxylation is 2.